The van der Waals surface area contributed by atoms with E-state index in [1.165, 1.54) is 82.1 Å². The molecule has 726 valence electrons. The zero-order chi connectivity index (χ0) is 98.7. The third-order valence-electron chi connectivity index (χ3n) is 24.2. The molecule has 7 aromatic carbocycles. The van der Waals surface area contributed by atoms with E-state index in [4.69, 9.17) is 63.1 Å². The highest BCUT2D eigenvalue weighted by atomic mass is 35.5. The lowest BCUT2D eigenvalue weighted by Gasteiger charge is -2.44. The van der Waals surface area contributed by atoms with Crippen LogP contribution < -0.4 is 78.8 Å². The normalized spacial score (nSPS) is 25.4. The number of nitrogens with two attached hydrogens (primary N) is 2. The number of hydrogen-bond donors (Lipinski definition) is 25. The summed E-state index contributed by atoms with van der Waals surface area (Å²) in [4.78, 5) is 182. The van der Waals surface area contributed by atoms with E-state index >= 15 is 43.2 Å². The van der Waals surface area contributed by atoms with Crippen LogP contribution in [0, 0.1) is 5.92 Å². The van der Waals surface area contributed by atoms with Crippen LogP contribution in [-0.4, -0.2) is 246 Å². The number of phenols is 4. The molecule has 7 aliphatic heterocycles. The summed E-state index contributed by atoms with van der Waals surface area (Å²) in [7, 11) is 1.33. The van der Waals surface area contributed by atoms with Gasteiger partial charge in [-0.25, -0.2) is 9.78 Å². The SMILES string of the molecule is CN[C@H](CC(C)C)C(=O)N[C@@]1(C(=O)N[C@@H](Cc2c[nH]cn2)C(=O)N[C@@H](Cc2c[nH]c3ccccc23)C(=O)N[C@@H](Cc2ccc(O)cc2)C(=O)O)C(=O)N[C@@H](CC(N)=O)C(=O)N[C@H]2C(=O)N[C@H]3C(=O)N[C@H](C(=O)NCc4cc(O)cc(O)c4-c4cc3ccc4O)[C@H](O[C@H]3C[C@](C)(N)[C@@H](O)[C@H](C)O3)c3ccc(c(Cl)c3)Oc3cc2cc(c3O[C@@H]2O[C@H](CO)[C@@H](O)[C@H](O)[C@H]2O)Oc2ccc(cc2Cl)[C@H]1O. The molecule has 9 aromatic rings. The van der Waals surface area contributed by atoms with Gasteiger partial charge in [0.2, 0.25) is 64.8 Å². The predicted octanol–water partition coefficient (Wildman–Crippen LogP) is 1.03. The summed E-state index contributed by atoms with van der Waals surface area (Å²) in [5.41, 5.74) is 6.49. The smallest absolute Gasteiger partial charge is 0.326 e. The van der Waals surface area contributed by atoms with Gasteiger partial charge < -0.3 is 159 Å². The van der Waals surface area contributed by atoms with E-state index in [9.17, 15) is 65.8 Å². The Bertz CT molecular complexity index is 6110. The summed E-state index contributed by atoms with van der Waals surface area (Å²) < 4.78 is 38.7. The van der Waals surface area contributed by atoms with Gasteiger partial charge >= 0.3 is 5.97 Å². The Kier molecular flexibility index (Phi) is 30.0. The molecule has 0 saturated carbocycles. The van der Waals surface area contributed by atoms with Crippen molar-refractivity contribution in [2.75, 3.05) is 13.7 Å². The number of benzene rings is 7. The number of likely N-dealkylation sites (N-methyl/N-ethyl adjacent to an activating group) is 1. The highest BCUT2D eigenvalue weighted by Crippen LogP contribution is 2.50. The average Bonchev–Trinajstić information content (AvgIpc) is 1.56. The molecule has 45 heteroatoms. The number of nitrogens with one attached hydrogen (secondary N) is 12. The maximum absolute atomic E-state index is 16.8. The van der Waals surface area contributed by atoms with Crippen LogP contribution in [-0.2, 0) is 92.8 Å². The van der Waals surface area contributed by atoms with E-state index < -0.39 is 291 Å². The number of amides is 10. The third kappa shape index (κ3) is 21.7. The summed E-state index contributed by atoms with van der Waals surface area (Å²) in [5, 5.41) is 150. The molecule has 11 bridgehead atoms. The first-order valence-corrected chi connectivity index (χ1v) is 44.0. The fourth-order valence-corrected chi connectivity index (χ4v) is 17.5. The number of halogens is 2. The number of hydrogen-bond acceptors (Lipinski definition) is 30. The van der Waals surface area contributed by atoms with E-state index in [0.29, 0.717) is 22.0 Å². The Morgan fingerprint density at radius 1 is 0.650 bits per heavy atom. The lowest BCUT2D eigenvalue weighted by molar-refractivity contribution is -0.277. The highest BCUT2D eigenvalue weighted by Gasteiger charge is 2.57. The maximum atomic E-state index is 16.8. The standard InChI is InChI=1S/C92H101Cl2N15O28/c1-38(2)20-55(97-5)83(124)109-92(89(130)104-57(29-47-35-98-37-101-47)81(122)102-56(26-45-33-99-54-9-7-6-8-50(45)54)80(121)103-59(87(128)129)21-40-10-15-48(111)16-11-40)79(120)43-14-19-63(53(94)25-43)134-65-28-44-27-64(77(65)137-88-75(118)74(117)73(116)66(36-110)135-88)133-62-18-13-42(24-52(62)93)76(136-68-32-91(4,96)78(119)39(3)132-68)72-84(125)100-34-46-22-49(112)30-61(114)69(46)51-23-41(12-17-60(51)113)70(85(126)108-72)107-86(127)71(44)106-82(123)58(31-67(95)115)105-90(92)131/h6-19,22-25,27-28,30,33,35,37-39,55-59,66,68,70-76,78-79,88,97,99,110-114,116-120H,20-21,26,29,31-32,34,36,96H2,1-5H3,(H2,95,115)(H,98,101)(H,100,125)(H,102,122)(H,103,121)(H,104,130)(H,105,131)(H,106,123)(H,107,127)(H,108,126)(H,109,124)(H,128,129)/t39-,55+,56-,57-,58-,59-,66+,68-,70+,71+,72-,73+,74-,75+,76+,78-,79+,88-,91-,92-/m0/s1. The van der Waals surface area contributed by atoms with Crippen LogP contribution in [0.25, 0.3) is 22.0 Å². The fourth-order valence-electron chi connectivity index (χ4n) is 17.0. The topological polar surface area (TPSA) is 682 Å². The number of para-hydroxylation sites is 1. The number of aromatic nitrogens is 3. The van der Waals surface area contributed by atoms with Gasteiger partial charge in [-0.2, -0.15) is 0 Å². The monoisotopic (exact) mass is 1930 g/mol. The summed E-state index contributed by atoms with van der Waals surface area (Å²) in [6, 6.07) is 9.51. The van der Waals surface area contributed by atoms with Crippen LogP contribution >= 0.6 is 23.2 Å². The van der Waals surface area contributed by atoms with Crippen LogP contribution in [0.2, 0.25) is 10.0 Å². The minimum atomic E-state index is -3.77. The molecule has 0 radical (unpaired) electrons. The number of fused-ring (bicyclic) bond motifs is 16. The second-order valence-corrected chi connectivity index (χ2v) is 35.5. The fraction of sp³-hybridized carbons (Fsp3) is 0.370. The largest absolute Gasteiger partial charge is 0.508 e. The molecule has 16 rings (SSSR count). The van der Waals surface area contributed by atoms with E-state index in [2.05, 4.69) is 68.1 Å². The maximum Gasteiger partial charge on any atom is 0.326 e. The zero-order valence-electron chi connectivity index (χ0n) is 73.7. The molecule has 27 N–H and O–H groups in total. The molecule has 2 aromatic heterocycles. The minimum Gasteiger partial charge on any atom is -0.508 e. The Morgan fingerprint density at radius 2 is 1.29 bits per heavy atom. The predicted molar refractivity (Wildman–Crippen MR) is 481 cm³/mol. The number of aliphatic hydroxyl groups is 6. The van der Waals surface area contributed by atoms with Crippen molar-refractivity contribution in [1.82, 2.24) is 68.1 Å². The first kappa shape index (κ1) is 99.2. The number of aromatic hydroxyl groups is 4. The summed E-state index contributed by atoms with van der Waals surface area (Å²) in [6.45, 7) is 4.74. The molecular formula is C92H101Cl2N15O28. The number of carbonyl (C=O) groups is 11. The van der Waals surface area contributed by atoms with Gasteiger partial charge in [0, 0.05) is 78.3 Å². The number of nitrogens with zero attached hydrogens (tertiary/aromatic N) is 1. The van der Waals surface area contributed by atoms with Gasteiger partial charge in [0.05, 0.1) is 53.3 Å². The second-order valence-electron chi connectivity index (χ2n) is 34.6. The van der Waals surface area contributed by atoms with E-state index in [1.54, 1.807) is 38.1 Å². The van der Waals surface area contributed by atoms with Gasteiger partial charge in [-0.15, -0.1) is 0 Å². The quantitative estimate of drug-likeness (QED) is 0.0355. The Labute approximate surface area is 789 Å². The van der Waals surface area contributed by atoms with Gasteiger partial charge in [-0.3, -0.25) is 47.9 Å². The van der Waals surface area contributed by atoms with Crippen LogP contribution in [0.5, 0.6) is 51.7 Å². The van der Waals surface area contributed by atoms with Crippen molar-refractivity contribution in [3.05, 3.63) is 201 Å². The minimum absolute atomic E-state index is 0.0248. The molecule has 0 aliphatic carbocycles. The molecule has 2 fully saturated rings. The summed E-state index contributed by atoms with van der Waals surface area (Å²) in [5.74, 6) is -21.7. The Balaban J connectivity index is 0.962. The number of aromatic amines is 2. The number of carbonyl (C=O) groups excluding carboxylic acids is 10. The molecule has 2 saturated heterocycles. The lowest BCUT2D eigenvalue weighted by atomic mass is 9.83. The first-order chi connectivity index (χ1) is 65.1. The zero-order valence-corrected chi connectivity index (χ0v) is 75.2. The summed E-state index contributed by atoms with van der Waals surface area (Å²) in [6.07, 6.45) is -18.3. The number of ether oxygens (including phenoxy) is 6. The van der Waals surface area contributed by atoms with Crippen molar-refractivity contribution >= 4 is 99.1 Å². The van der Waals surface area contributed by atoms with E-state index in [-0.39, 0.29) is 58.5 Å². The number of imidazole rings is 1. The van der Waals surface area contributed by atoms with Crippen molar-refractivity contribution < 1.29 is 137 Å². The first-order valence-electron chi connectivity index (χ1n) is 43.3. The number of carboxylic acid groups (broad SMARTS) is 1. The number of primary amides is 1. The van der Waals surface area contributed by atoms with Crippen LogP contribution in [0.15, 0.2) is 146 Å². The molecule has 9 heterocycles. The molecule has 20 atom stereocenters. The van der Waals surface area contributed by atoms with Gasteiger partial charge in [-0.05, 0) is 145 Å². The molecular weight excluding hydrogens is 1830 g/mol. The highest BCUT2D eigenvalue weighted by molar-refractivity contribution is 6.32. The van der Waals surface area contributed by atoms with Crippen molar-refractivity contribution in [2.24, 2.45) is 17.4 Å². The number of phenolic OH excluding ortho intramolecular Hbond substituents is 4. The number of aliphatic carboxylic acids is 1. The number of H-pyrrole nitrogens is 2. The van der Waals surface area contributed by atoms with Crippen LogP contribution in [0.4, 0.5) is 0 Å². The number of carboxylic acids is 1. The van der Waals surface area contributed by atoms with Crippen molar-refractivity contribution in [3.8, 4) is 62.9 Å². The van der Waals surface area contributed by atoms with Crippen LogP contribution in [0.3, 0.4) is 0 Å². The van der Waals surface area contributed by atoms with E-state index in [1.807, 2.05) is 0 Å². The number of rotatable bonds is 25. The van der Waals surface area contributed by atoms with Gasteiger partial charge in [0.25, 0.3) is 11.8 Å². The van der Waals surface area contributed by atoms with Crippen LogP contribution in [0.1, 0.15) is 116 Å². The summed E-state index contributed by atoms with van der Waals surface area (Å²) >= 11 is 14.7. The van der Waals surface area contributed by atoms with Crippen molar-refractivity contribution in [1.29, 1.82) is 0 Å². The molecule has 0 unspecified atom stereocenters. The molecule has 7 aliphatic rings. The second kappa shape index (κ2) is 41.4. The van der Waals surface area contributed by atoms with Crippen molar-refractivity contribution in [3.63, 3.8) is 0 Å². The van der Waals surface area contributed by atoms with Crippen molar-refractivity contribution in [2.45, 2.75) is 194 Å². The molecule has 137 heavy (non-hydrogen) atoms. The van der Waals surface area contributed by atoms with Gasteiger partial charge in [0.1, 0.15) is 113 Å². The van der Waals surface area contributed by atoms with Gasteiger partial charge in [0.15, 0.2) is 17.8 Å². The number of aliphatic hydroxyl groups excluding tert-OH is 6. The van der Waals surface area contributed by atoms with E-state index in [0.717, 1.165) is 60.7 Å². The Hall–Kier alpha value is -13.8. The molecule has 0 spiro atoms. The average molecular weight is 1940 g/mol. The third-order valence-corrected chi connectivity index (χ3v) is 24.8. The molecule has 10 amide bonds. The Morgan fingerprint density at radius 3 is 1.93 bits per heavy atom. The van der Waals surface area contributed by atoms with Gasteiger partial charge in [-0.1, -0.05) is 85.6 Å². The molecule has 43 nitrogen and oxygen atoms in total. The lowest BCUT2D eigenvalue weighted by Crippen LogP contribution is -2.73.